The molecule has 1 unspecified atom stereocenters. The van der Waals surface area contributed by atoms with Gasteiger partial charge in [0.1, 0.15) is 5.82 Å². The normalized spacial score (nSPS) is 25.8. The fourth-order valence-electron chi connectivity index (χ4n) is 1.93. The lowest BCUT2D eigenvalue weighted by molar-refractivity contribution is 0.352. The number of benzene rings is 1. The molecule has 0 aliphatic carbocycles. The van der Waals surface area contributed by atoms with Crippen LogP contribution in [0, 0.1) is 5.82 Å². The Morgan fingerprint density at radius 3 is 2.88 bits per heavy atom. The van der Waals surface area contributed by atoms with Gasteiger partial charge in [0.15, 0.2) is 0 Å². The van der Waals surface area contributed by atoms with Crippen LogP contribution in [0.2, 0.25) is 5.02 Å². The van der Waals surface area contributed by atoms with Gasteiger partial charge in [0.2, 0.25) is 0 Å². The predicted molar refractivity (Wildman–Crippen MR) is 67.3 cm³/mol. The third kappa shape index (κ3) is 2.56. The SMILES string of the molecule is C[C@@H]1CNCC(c2cc(Cl)cc(Br)c2F)N1. The summed E-state index contributed by atoms with van der Waals surface area (Å²) in [4.78, 5) is 0. The molecule has 1 aromatic rings. The third-order valence-corrected chi connectivity index (χ3v) is 3.48. The Hall–Kier alpha value is -0.160. The first kappa shape index (κ1) is 12.3. The largest absolute Gasteiger partial charge is 0.313 e. The third-order valence-electron chi connectivity index (χ3n) is 2.68. The van der Waals surface area contributed by atoms with Crippen molar-refractivity contribution in [3.8, 4) is 0 Å². The highest BCUT2D eigenvalue weighted by Crippen LogP contribution is 2.28. The lowest BCUT2D eigenvalue weighted by Gasteiger charge is -2.30. The van der Waals surface area contributed by atoms with Crippen molar-refractivity contribution in [2.75, 3.05) is 13.1 Å². The molecule has 0 radical (unpaired) electrons. The first-order valence-electron chi connectivity index (χ1n) is 5.19. The topological polar surface area (TPSA) is 24.1 Å². The van der Waals surface area contributed by atoms with E-state index in [1.54, 1.807) is 12.1 Å². The first-order valence-corrected chi connectivity index (χ1v) is 6.36. The van der Waals surface area contributed by atoms with Gasteiger partial charge in [-0.05, 0) is 35.0 Å². The maximum Gasteiger partial charge on any atom is 0.142 e. The number of halogens is 3. The summed E-state index contributed by atoms with van der Waals surface area (Å²) in [6, 6.07) is 3.55. The number of nitrogens with one attached hydrogen (secondary N) is 2. The zero-order chi connectivity index (χ0) is 11.7. The van der Waals surface area contributed by atoms with Crippen LogP contribution in [0.5, 0.6) is 0 Å². The summed E-state index contributed by atoms with van der Waals surface area (Å²) in [5.74, 6) is -0.238. The molecule has 1 aliphatic heterocycles. The molecule has 1 saturated heterocycles. The molecule has 2 N–H and O–H groups in total. The standard InChI is InChI=1S/C11H13BrClFN2/c1-6-4-15-5-10(16-6)8-2-7(13)3-9(12)11(8)14/h2-3,6,10,15-16H,4-5H2,1H3/t6-,10?/m1/s1. The minimum Gasteiger partial charge on any atom is -0.313 e. The highest BCUT2D eigenvalue weighted by atomic mass is 79.9. The van der Waals surface area contributed by atoms with Crippen LogP contribution in [0.3, 0.4) is 0 Å². The summed E-state index contributed by atoms with van der Waals surface area (Å²) in [7, 11) is 0. The molecular weight excluding hydrogens is 294 g/mol. The molecule has 0 spiro atoms. The van der Waals surface area contributed by atoms with Gasteiger partial charge in [-0.3, -0.25) is 0 Å². The summed E-state index contributed by atoms with van der Waals surface area (Å²) in [5, 5.41) is 7.15. The Kier molecular flexibility index (Phi) is 3.85. The van der Waals surface area contributed by atoms with Crippen LogP contribution >= 0.6 is 27.5 Å². The monoisotopic (exact) mass is 306 g/mol. The molecule has 16 heavy (non-hydrogen) atoms. The van der Waals surface area contributed by atoms with Gasteiger partial charge in [-0.2, -0.15) is 0 Å². The van der Waals surface area contributed by atoms with Crippen LogP contribution < -0.4 is 10.6 Å². The van der Waals surface area contributed by atoms with Gasteiger partial charge < -0.3 is 10.6 Å². The van der Waals surface area contributed by atoms with E-state index in [1.807, 2.05) is 0 Å². The van der Waals surface area contributed by atoms with E-state index in [0.717, 1.165) is 6.54 Å². The van der Waals surface area contributed by atoms with E-state index in [1.165, 1.54) is 0 Å². The summed E-state index contributed by atoms with van der Waals surface area (Å²) in [6.45, 7) is 3.69. The van der Waals surface area contributed by atoms with Crippen molar-refractivity contribution in [3.05, 3.63) is 33.0 Å². The molecule has 1 fully saturated rings. The van der Waals surface area contributed by atoms with E-state index in [-0.39, 0.29) is 11.9 Å². The summed E-state index contributed by atoms with van der Waals surface area (Å²) >= 11 is 9.10. The molecule has 0 aromatic heterocycles. The van der Waals surface area contributed by atoms with Crippen molar-refractivity contribution in [3.63, 3.8) is 0 Å². The molecule has 5 heteroatoms. The molecule has 0 amide bonds. The van der Waals surface area contributed by atoms with Crippen molar-refractivity contribution in [2.45, 2.75) is 19.0 Å². The van der Waals surface area contributed by atoms with Crippen molar-refractivity contribution >= 4 is 27.5 Å². The van der Waals surface area contributed by atoms with E-state index < -0.39 is 0 Å². The fourth-order valence-corrected chi connectivity index (χ4v) is 2.77. The lowest BCUT2D eigenvalue weighted by Crippen LogP contribution is -2.48. The Labute approximate surface area is 108 Å². The maximum atomic E-state index is 13.9. The smallest absolute Gasteiger partial charge is 0.142 e. The van der Waals surface area contributed by atoms with Gasteiger partial charge in [0.05, 0.1) is 4.47 Å². The van der Waals surface area contributed by atoms with Gasteiger partial charge in [-0.15, -0.1) is 0 Å². The molecule has 0 saturated carbocycles. The number of piperazine rings is 1. The second kappa shape index (κ2) is 5.00. The fraction of sp³-hybridized carbons (Fsp3) is 0.455. The molecular formula is C11H13BrClFN2. The van der Waals surface area contributed by atoms with Crippen LogP contribution in [0.25, 0.3) is 0 Å². The Morgan fingerprint density at radius 1 is 1.44 bits per heavy atom. The van der Waals surface area contributed by atoms with Crippen molar-refractivity contribution < 1.29 is 4.39 Å². The molecule has 2 rings (SSSR count). The van der Waals surface area contributed by atoms with Crippen LogP contribution in [-0.4, -0.2) is 19.1 Å². The Morgan fingerprint density at radius 2 is 2.19 bits per heavy atom. The second-order valence-electron chi connectivity index (χ2n) is 4.07. The van der Waals surface area contributed by atoms with Crippen molar-refractivity contribution in [1.82, 2.24) is 10.6 Å². The van der Waals surface area contributed by atoms with Gasteiger partial charge in [-0.1, -0.05) is 11.6 Å². The van der Waals surface area contributed by atoms with E-state index >= 15 is 0 Å². The van der Waals surface area contributed by atoms with E-state index in [4.69, 9.17) is 11.6 Å². The number of hydrogen-bond acceptors (Lipinski definition) is 2. The summed E-state index contributed by atoms with van der Waals surface area (Å²) in [6.07, 6.45) is 0. The predicted octanol–water partition coefficient (Wildman–Crippen LogP) is 2.86. The molecule has 0 bridgehead atoms. The van der Waals surface area contributed by atoms with Crippen LogP contribution in [0.15, 0.2) is 16.6 Å². The quantitative estimate of drug-likeness (QED) is 0.780. The maximum absolute atomic E-state index is 13.9. The summed E-state index contributed by atoms with van der Waals surface area (Å²) < 4.78 is 14.3. The number of rotatable bonds is 1. The summed E-state index contributed by atoms with van der Waals surface area (Å²) in [5.41, 5.74) is 0.610. The Balaban J connectivity index is 2.32. The zero-order valence-corrected chi connectivity index (χ0v) is 11.2. The van der Waals surface area contributed by atoms with Crippen molar-refractivity contribution in [2.24, 2.45) is 0 Å². The second-order valence-corrected chi connectivity index (χ2v) is 5.36. The highest BCUT2D eigenvalue weighted by Gasteiger charge is 2.23. The molecule has 1 heterocycles. The first-order chi connectivity index (χ1) is 7.58. The molecule has 88 valence electrons. The molecule has 1 aliphatic rings. The van der Waals surface area contributed by atoms with Gasteiger partial charge in [0.25, 0.3) is 0 Å². The highest BCUT2D eigenvalue weighted by molar-refractivity contribution is 9.10. The zero-order valence-electron chi connectivity index (χ0n) is 8.86. The average molecular weight is 308 g/mol. The van der Waals surface area contributed by atoms with E-state index in [9.17, 15) is 4.39 Å². The van der Waals surface area contributed by atoms with Crippen LogP contribution in [-0.2, 0) is 0 Å². The minimum absolute atomic E-state index is 0.0289. The number of hydrogen-bond donors (Lipinski definition) is 2. The van der Waals surface area contributed by atoms with E-state index in [2.05, 4.69) is 33.5 Å². The minimum atomic E-state index is -0.238. The molecule has 2 atom stereocenters. The Bertz CT molecular complexity index is 400. The van der Waals surface area contributed by atoms with Crippen molar-refractivity contribution in [1.29, 1.82) is 0 Å². The van der Waals surface area contributed by atoms with Gasteiger partial charge in [0, 0.05) is 35.8 Å². The van der Waals surface area contributed by atoms with Crippen LogP contribution in [0.4, 0.5) is 4.39 Å². The van der Waals surface area contributed by atoms with Gasteiger partial charge >= 0.3 is 0 Å². The van der Waals surface area contributed by atoms with E-state index in [0.29, 0.717) is 27.6 Å². The lowest BCUT2D eigenvalue weighted by atomic mass is 10.0. The average Bonchev–Trinajstić information content (AvgIpc) is 2.23. The van der Waals surface area contributed by atoms with Gasteiger partial charge in [-0.25, -0.2) is 4.39 Å². The molecule has 1 aromatic carbocycles. The molecule has 2 nitrogen and oxygen atoms in total. The van der Waals surface area contributed by atoms with Crippen LogP contribution in [0.1, 0.15) is 18.5 Å².